The maximum atomic E-state index is 13.9. The molecule has 1 aliphatic heterocycles. The van der Waals surface area contributed by atoms with Crippen LogP contribution in [0, 0.1) is 0 Å². The normalized spacial score (nSPS) is 19.1. The van der Waals surface area contributed by atoms with Crippen LogP contribution in [-0.2, 0) is 4.79 Å². The fourth-order valence-electron chi connectivity index (χ4n) is 5.69. The van der Waals surface area contributed by atoms with Gasteiger partial charge < -0.3 is 14.8 Å². The van der Waals surface area contributed by atoms with E-state index < -0.39 is 0 Å². The molecule has 4 nitrogen and oxygen atoms in total. The molecule has 1 N–H and O–H groups in total. The fraction of sp³-hybridized carbons (Fsp3) is 0.194. The van der Waals surface area contributed by atoms with Crippen molar-refractivity contribution >= 4 is 27.8 Å². The first-order valence-electron chi connectivity index (χ1n) is 12.0. The van der Waals surface area contributed by atoms with Gasteiger partial charge in [-0.1, -0.05) is 66.7 Å². The number of carbonyl (C=O) groups is 1. The van der Waals surface area contributed by atoms with Crippen molar-refractivity contribution in [2.45, 2.75) is 24.8 Å². The largest absolute Gasteiger partial charge is 0.493 e. The highest BCUT2D eigenvalue weighted by molar-refractivity contribution is 6.13. The molecule has 0 aromatic heterocycles. The standard InChI is InChI=1S/C31H27NO3/c1-34-27-15-13-21(18-28(27)35-2)31-30-24(16-22(17-26(30)33)19-8-4-3-5-9-19)29-23-11-7-6-10-20(23)12-14-25(29)32-31/h3-15,18,22,31-32H,16-17H2,1-2H3/t22-,31+/m1/s1. The summed E-state index contributed by atoms with van der Waals surface area (Å²) in [4.78, 5) is 13.9. The minimum Gasteiger partial charge on any atom is -0.493 e. The first-order chi connectivity index (χ1) is 17.2. The smallest absolute Gasteiger partial charge is 0.162 e. The van der Waals surface area contributed by atoms with Gasteiger partial charge in [-0.2, -0.15) is 0 Å². The number of nitrogens with one attached hydrogen (secondary N) is 1. The monoisotopic (exact) mass is 461 g/mol. The zero-order chi connectivity index (χ0) is 23.9. The van der Waals surface area contributed by atoms with Gasteiger partial charge >= 0.3 is 0 Å². The van der Waals surface area contributed by atoms with Gasteiger partial charge in [-0.25, -0.2) is 0 Å². The van der Waals surface area contributed by atoms with Gasteiger partial charge in [0.2, 0.25) is 0 Å². The summed E-state index contributed by atoms with van der Waals surface area (Å²) in [6.07, 6.45) is 1.34. The molecule has 0 radical (unpaired) electrons. The molecule has 0 saturated carbocycles. The first-order valence-corrected chi connectivity index (χ1v) is 12.0. The predicted molar refractivity (Wildman–Crippen MR) is 140 cm³/mol. The van der Waals surface area contributed by atoms with Gasteiger partial charge in [0.25, 0.3) is 0 Å². The van der Waals surface area contributed by atoms with Crippen LogP contribution in [0.15, 0.2) is 90.5 Å². The lowest BCUT2D eigenvalue weighted by Crippen LogP contribution is -2.29. The Hall–Kier alpha value is -4.05. The van der Waals surface area contributed by atoms with Crippen molar-refractivity contribution in [1.82, 2.24) is 0 Å². The zero-order valence-corrected chi connectivity index (χ0v) is 19.9. The third-order valence-electron chi connectivity index (χ3n) is 7.34. The SMILES string of the molecule is COc1ccc([C@@H]2Nc3ccc4ccccc4c3C3=C2C(=O)C[C@H](c2ccccc2)C3)cc1OC. The number of benzene rings is 4. The van der Waals surface area contributed by atoms with Crippen molar-refractivity contribution in [3.8, 4) is 11.5 Å². The third kappa shape index (κ3) is 3.57. The van der Waals surface area contributed by atoms with Gasteiger partial charge in [0.15, 0.2) is 17.3 Å². The van der Waals surface area contributed by atoms with E-state index in [0.29, 0.717) is 17.9 Å². The van der Waals surface area contributed by atoms with Gasteiger partial charge in [0, 0.05) is 23.2 Å². The molecule has 0 amide bonds. The number of hydrogen-bond acceptors (Lipinski definition) is 4. The molecular formula is C31H27NO3. The molecule has 0 unspecified atom stereocenters. The van der Waals surface area contributed by atoms with Crippen LogP contribution in [0.1, 0.15) is 41.5 Å². The molecule has 0 bridgehead atoms. The number of fused-ring (bicyclic) bond motifs is 4. The Balaban J connectivity index is 1.56. The van der Waals surface area contributed by atoms with E-state index >= 15 is 0 Å². The first kappa shape index (κ1) is 21.5. The molecule has 1 heterocycles. The van der Waals surface area contributed by atoms with E-state index in [9.17, 15) is 4.79 Å². The number of allylic oxidation sites excluding steroid dienone is 1. The summed E-state index contributed by atoms with van der Waals surface area (Å²) in [6, 6.07) is 28.8. The number of Topliss-reactive ketones (excluding diaryl/α,β-unsaturated/α-hetero) is 1. The highest BCUT2D eigenvalue weighted by Crippen LogP contribution is 2.51. The molecule has 2 aliphatic rings. The minimum absolute atomic E-state index is 0.165. The van der Waals surface area contributed by atoms with E-state index in [1.54, 1.807) is 14.2 Å². The minimum atomic E-state index is -0.248. The van der Waals surface area contributed by atoms with E-state index in [1.807, 2.05) is 24.3 Å². The van der Waals surface area contributed by atoms with Crippen LogP contribution in [0.2, 0.25) is 0 Å². The van der Waals surface area contributed by atoms with Crippen LogP contribution in [-0.4, -0.2) is 20.0 Å². The maximum absolute atomic E-state index is 13.9. The number of hydrogen-bond donors (Lipinski definition) is 1. The lowest BCUT2D eigenvalue weighted by molar-refractivity contribution is -0.116. The Bertz CT molecular complexity index is 1470. The molecule has 4 aromatic carbocycles. The van der Waals surface area contributed by atoms with E-state index in [0.717, 1.165) is 34.4 Å². The molecule has 6 rings (SSSR count). The van der Waals surface area contributed by atoms with Crippen molar-refractivity contribution in [2.75, 3.05) is 19.5 Å². The molecule has 0 saturated heterocycles. The van der Waals surface area contributed by atoms with Gasteiger partial charge in [-0.15, -0.1) is 0 Å². The molecular weight excluding hydrogens is 434 g/mol. The number of methoxy groups -OCH3 is 2. The Morgan fingerprint density at radius 2 is 1.54 bits per heavy atom. The van der Waals surface area contributed by atoms with E-state index in [1.165, 1.54) is 16.3 Å². The lowest BCUT2D eigenvalue weighted by Gasteiger charge is -2.37. The van der Waals surface area contributed by atoms with Crippen molar-refractivity contribution in [3.05, 3.63) is 107 Å². The Morgan fingerprint density at radius 3 is 2.34 bits per heavy atom. The van der Waals surface area contributed by atoms with E-state index in [2.05, 4.69) is 66.0 Å². The highest BCUT2D eigenvalue weighted by Gasteiger charge is 2.38. The summed E-state index contributed by atoms with van der Waals surface area (Å²) in [6.45, 7) is 0. The zero-order valence-electron chi connectivity index (χ0n) is 19.9. The van der Waals surface area contributed by atoms with Crippen LogP contribution in [0.5, 0.6) is 11.5 Å². The summed E-state index contributed by atoms with van der Waals surface area (Å²) >= 11 is 0. The molecule has 35 heavy (non-hydrogen) atoms. The average molecular weight is 462 g/mol. The number of ether oxygens (including phenoxy) is 2. The van der Waals surface area contributed by atoms with E-state index in [-0.39, 0.29) is 17.7 Å². The second-order valence-electron chi connectivity index (χ2n) is 9.23. The highest BCUT2D eigenvalue weighted by atomic mass is 16.5. The van der Waals surface area contributed by atoms with Crippen LogP contribution < -0.4 is 14.8 Å². The summed E-state index contributed by atoms with van der Waals surface area (Å²) in [5, 5.41) is 6.06. The molecule has 2 atom stereocenters. The van der Waals surface area contributed by atoms with Crippen LogP contribution >= 0.6 is 0 Å². The number of carbonyl (C=O) groups excluding carboxylic acids is 1. The summed E-state index contributed by atoms with van der Waals surface area (Å²) in [5.74, 6) is 1.69. The summed E-state index contributed by atoms with van der Waals surface area (Å²) < 4.78 is 11.0. The molecule has 0 fully saturated rings. The second-order valence-corrected chi connectivity index (χ2v) is 9.23. The molecule has 1 aliphatic carbocycles. The number of ketones is 1. The van der Waals surface area contributed by atoms with Gasteiger partial charge in [-0.3, -0.25) is 4.79 Å². The average Bonchev–Trinajstić information content (AvgIpc) is 2.92. The van der Waals surface area contributed by atoms with Gasteiger partial charge in [-0.05, 0) is 58.0 Å². The topological polar surface area (TPSA) is 47.6 Å². The summed E-state index contributed by atoms with van der Waals surface area (Å²) in [7, 11) is 3.27. The second kappa shape index (κ2) is 8.62. The number of rotatable bonds is 4. The summed E-state index contributed by atoms with van der Waals surface area (Å²) in [5.41, 5.74) is 6.44. The van der Waals surface area contributed by atoms with Crippen LogP contribution in [0.3, 0.4) is 0 Å². The fourth-order valence-corrected chi connectivity index (χ4v) is 5.69. The van der Waals surface area contributed by atoms with Crippen LogP contribution in [0.25, 0.3) is 16.3 Å². The maximum Gasteiger partial charge on any atom is 0.162 e. The van der Waals surface area contributed by atoms with Gasteiger partial charge in [0.1, 0.15) is 0 Å². The lowest BCUT2D eigenvalue weighted by atomic mass is 9.71. The van der Waals surface area contributed by atoms with Gasteiger partial charge in [0.05, 0.1) is 20.3 Å². The Labute approximate surface area is 205 Å². The van der Waals surface area contributed by atoms with E-state index in [4.69, 9.17) is 9.47 Å². The molecule has 4 aromatic rings. The number of anilines is 1. The Kier molecular flexibility index (Phi) is 5.29. The quantitative estimate of drug-likeness (QED) is 0.358. The van der Waals surface area contributed by atoms with Crippen molar-refractivity contribution < 1.29 is 14.3 Å². The van der Waals surface area contributed by atoms with Crippen molar-refractivity contribution in [1.29, 1.82) is 0 Å². The third-order valence-corrected chi connectivity index (χ3v) is 7.34. The molecule has 174 valence electrons. The van der Waals surface area contributed by atoms with Crippen molar-refractivity contribution in [2.24, 2.45) is 0 Å². The van der Waals surface area contributed by atoms with Crippen LogP contribution in [0.4, 0.5) is 5.69 Å². The molecule has 0 spiro atoms. The predicted octanol–water partition coefficient (Wildman–Crippen LogP) is 6.92. The van der Waals surface area contributed by atoms with Crippen molar-refractivity contribution in [3.63, 3.8) is 0 Å². The Morgan fingerprint density at radius 1 is 0.771 bits per heavy atom. The molecule has 4 heteroatoms.